The molecule has 0 radical (unpaired) electrons. The fourth-order valence-electron chi connectivity index (χ4n) is 1.79. The van der Waals surface area contributed by atoms with E-state index in [2.05, 4.69) is 14.4 Å². The van der Waals surface area contributed by atoms with E-state index in [1.165, 1.54) is 19.4 Å². The first kappa shape index (κ1) is 16.1. The summed E-state index contributed by atoms with van der Waals surface area (Å²) in [7, 11) is -2.16. The van der Waals surface area contributed by atoms with Crippen LogP contribution in [0.3, 0.4) is 0 Å². The third kappa shape index (κ3) is 4.64. The standard InChI is InChI=1S/C15H16N2O4S/c1-21-15(18)14-8-7-13(9-16-14)10-17-22(19,20)11-12-5-3-2-4-6-12/h2-9,17H,10-11H2,1H3. The molecule has 1 aromatic heterocycles. The Hall–Kier alpha value is -2.25. The van der Waals surface area contributed by atoms with Crippen LogP contribution >= 0.6 is 0 Å². The van der Waals surface area contributed by atoms with Gasteiger partial charge >= 0.3 is 5.97 Å². The van der Waals surface area contributed by atoms with Crippen molar-refractivity contribution in [1.82, 2.24) is 9.71 Å². The predicted octanol–water partition coefficient (Wildman–Crippen LogP) is 1.49. The Bertz CT molecular complexity index is 728. The smallest absolute Gasteiger partial charge is 0.356 e. The maximum Gasteiger partial charge on any atom is 0.356 e. The second-order valence-corrected chi connectivity index (χ2v) is 6.42. The Morgan fingerprint density at radius 2 is 1.86 bits per heavy atom. The van der Waals surface area contributed by atoms with Crippen molar-refractivity contribution in [2.24, 2.45) is 0 Å². The fraction of sp³-hybridized carbons (Fsp3) is 0.200. The second kappa shape index (κ2) is 7.15. The molecule has 0 saturated carbocycles. The number of rotatable bonds is 6. The van der Waals surface area contributed by atoms with E-state index in [0.717, 1.165) is 0 Å². The minimum absolute atomic E-state index is 0.0818. The Morgan fingerprint density at radius 3 is 2.45 bits per heavy atom. The summed E-state index contributed by atoms with van der Waals surface area (Å²) < 4.78 is 31.0. The number of benzene rings is 1. The molecule has 1 N–H and O–H groups in total. The maximum absolute atomic E-state index is 12.0. The minimum atomic E-state index is -3.43. The largest absolute Gasteiger partial charge is 0.464 e. The van der Waals surface area contributed by atoms with Crippen molar-refractivity contribution >= 4 is 16.0 Å². The van der Waals surface area contributed by atoms with Crippen LogP contribution in [-0.4, -0.2) is 26.5 Å². The molecule has 2 aromatic rings. The van der Waals surface area contributed by atoms with E-state index in [1.54, 1.807) is 30.3 Å². The van der Waals surface area contributed by atoms with E-state index in [0.29, 0.717) is 11.1 Å². The maximum atomic E-state index is 12.0. The summed E-state index contributed by atoms with van der Waals surface area (Å²) in [6.07, 6.45) is 1.44. The topological polar surface area (TPSA) is 85.4 Å². The van der Waals surface area contributed by atoms with Gasteiger partial charge in [0.1, 0.15) is 5.69 Å². The first-order chi connectivity index (χ1) is 10.5. The number of ether oxygens (including phenoxy) is 1. The highest BCUT2D eigenvalue weighted by atomic mass is 32.2. The second-order valence-electron chi connectivity index (χ2n) is 4.61. The zero-order valence-electron chi connectivity index (χ0n) is 12.0. The van der Waals surface area contributed by atoms with Crippen molar-refractivity contribution in [2.45, 2.75) is 12.3 Å². The quantitative estimate of drug-likeness (QED) is 0.815. The van der Waals surface area contributed by atoms with E-state index >= 15 is 0 Å². The summed E-state index contributed by atoms with van der Waals surface area (Å²) in [6, 6.07) is 12.0. The molecule has 0 spiro atoms. The fourth-order valence-corrected chi connectivity index (χ4v) is 2.91. The summed E-state index contributed by atoms with van der Waals surface area (Å²) in [5, 5.41) is 0. The molecule has 0 atom stereocenters. The van der Waals surface area contributed by atoms with Crippen LogP contribution in [0.4, 0.5) is 0 Å². The Balaban J connectivity index is 1.95. The van der Waals surface area contributed by atoms with Gasteiger partial charge in [-0.05, 0) is 17.2 Å². The molecule has 0 aliphatic rings. The van der Waals surface area contributed by atoms with Crippen LogP contribution in [-0.2, 0) is 27.1 Å². The van der Waals surface area contributed by atoms with E-state index < -0.39 is 16.0 Å². The molecule has 0 fully saturated rings. The molecular weight excluding hydrogens is 304 g/mol. The van der Waals surface area contributed by atoms with Gasteiger partial charge in [0, 0.05) is 12.7 Å². The van der Waals surface area contributed by atoms with E-state index in [1.807, 2.05) is 6.07 Å². The zero-order valence-corrected chi connectivity index (χ0v) is 12.8. The van der Waals surface area contributed by atoms with Crippen LogP contribution in [0.25, 0.3) is 0 Å². The summed E-state index contributed by atoms with van der Waals surface area (Å²) in [5.74, 6) is -0.613. The van der Waals surface area contributed by atoms with Gasteiger partial charge in [0.05, 0.1) is 12.9 Å². The lowest BCUT2D eigenvalue weighted by molar-refractivity contribution is 0.0594. The molecular formula is C15H16N2O4S. The van der Waals surface area contributed by atoms with Crippen LogP contribution in [0, 0.1) is 0 Å². The number of nitrogens with one attached hydrogen (secondary N) is 1. The summed E-state index contributed by atoms with van der Waals surface area (Å²) in [6.45, 7) is 0.115. The van der Waals surface area contributed by atoms with Gasteiger partial charge in [-0.15, -0.1) is 0 Å². The van der Waals surface area contributed by atoms with Crippen molar-refractivity contribution in [3.63, 3.8) is 0 Å². The Labute approximate surface area is 129 Å². The lowest BCUT2D eigenvalue weighted by atomic mass is 10.2. The van der Waals surface area contributed by atoms with E-state index in [4.69, 9.17) is 0 Å². The number of carbonyl (C=O) groups excluding carboxylic acids is 1. The summed E-state index contributed by atoms with van der Waals surface area (Å²) in [5.41, 5.74) is 1.55. The van der Waals surface area contributed by atoms with Gasteiger partial charge in [0.25, 0.3) is 0 Å². The normalized spacial score (nSPS) is 11.1. The molecule has 22 heavy (non-hydrogen) atoms. The highest BCUT2D eigenvalue weighted by Gasteiger charge is 2.12. The highest BCUT2D eigenvalue weighted by molar-refractivity contribution is 7.88. The molecule has 0 aliphatic heterocycles. The van der Waals surface area contributed by atoms with Gasteiger partial charge in [0.2, 0.25) is 10.0 Å². The minimum Gasteiger partial charge on any atom is -0.464 e. The Kier molecular flexibility index (Phi) is 5.24. The van der Waals surface area contributed by atoms with E-state index in [9.17, 15) is 13.2 Å². The van der Waals surface area contributed by atoms with Gasteiger partial charge in [-0.25, -0.2) is 22.9 Å². The molecule has 0 unspecified atom stereocenters. The number of methoxy groups -OCH3 is 1. The van der Waals surface area contributed by atoms with Crippen molar-refractivity contribution in [3.05, 3.63) is 65.5 Å². The number of pyridine rings is 1. The first-order valence-corrected chi connectivity index (χ1v) is 8.20. The first-order valence-electron chi connectivity index (χ1n) is 6.55. The van der Waals surface area contributed by atoms with Crippen molar-refractivity contribution < 1.29 is 17.9 Å². The van der Waals surface area contributed by atoms with Crippen LogP contribution in [0.5, 0.6) is 0 Å². The SMILES string of the molecule is COC(=O)c1ccc(CNS(=O)(=O)Cc2ccccc2)cn1. The number of esters is 1. The number of aromatic nitrogens is 1. The number of nitrogens with zero attached hydrogens (tertiary/aromatic N) is 1. The lowest BCUT2D eigenvalue weighted by Crippen LogP contribution is -2.24. The van der Waals surface area contributed by atoms with Gasteiger partial charge in [-0.1, -0.05) is 36.4 Å². The highest BCUT2D eigenvalue weighted by Crippen LogP contribution is 2.06. The Morgan fingerprint density at radius 1 is 1.14 bits per heavy atom. The number of hydrogen-bond acceptors (Lipinski definition) is 5. The average Bonchev–Trinajstić information content (AvgIpc) is 2.53. The number of carbonyl (C=O) groups is 1. The van der Waals surface area contributed by atoms with Crippen LogP contribution < -0.4 is 4.72 Å². The summed E-state index contributed by atoms with van der Waals surface area (Å²) in [4.78, 5) is 15.2. The molecule has 6 nitrogen and oxygen atoms in total. The predicted molar refractivity (Wildman–Crippen MR) is 81.5 cm³/mol. The molecule has 1 aromatic carbocycles. The molecule has 1 heterocycles. The lowest BCUT2D eigenvalue weighted by Gasteiger charge is -2.07. The van der Waals surface area contributed by atoms with Crippen molar-refractivity contribution in [3.8, 4) is 0 Å². The van der Waals surface area contributed by atoms with Gasteiger partial charge in [-0.2, -0.15) is 0 Å². The molecule has 0 amide bonds. The molecule has 0 aliphatic carbocycles. The van der Waals surface area contributed by atoms with Crippen molar-refractivity contribution in [1.29, 1.82) is 0 Å². The average molecular weight is 320 g/mol. The van der Waals surface area contributed by atoms with Crippen LogP contribution in [0.2, 0.25) is 0 Å². The summed E-state index contributed by atoms with van der Waals surface area (Å²) >= 11 is 0. The number of sulfonamides is 1. The number of hydrogen-bond donors (Lipinski definition) is 1. The van der Waals surface area contributed by atoms with Crippen LogP contribution in [0.1, 0.15) is 21.6 Å². The molecule has 0 bridgehead atoms. The zero-order chi connectivity index (χ0) is 16.0. The van der Waals surface area contributed by atoms with Gasteiger partial charge < -0.3 is 4.74 Å². The molecule has 116 valence electrons. The monoisotopic (exact) mass is 320 g/mol. The molecule has 7 heteroatoms. The van der Waals surface area contributed by atoms with Crippen LogP contribution in [0.15, 0.2) is 48.7 Å². The third-order valence-corrected chi connectivity index (χ3v) is 4.21. The van der Waals surface area contributed by atoms with Crippen molar-refractivity contribution in [2.75, 3.05) is 7.11 Å². The molecule has 2 rings (SSSR count). The molecule has 0 saturated heterocycles. The van der Waals surface area contributed by atoms with Gasteiger partial charge in [0.15, 0.2) is 0 Å². The van der Waals surface area contributed by atoms with E-state index in [-0.39, 0.29) is 18.0 Å². The third-order valence-electron chi connectivity index (χ3n) is 2.91. The van der Waals surface area contributed by atoms with Gasteiger partial charge in [-0.3, -0.25) is 0 Å².